The van der Waals surface area contributed by atoms with E-state index in [-0.39, 0.29) is 12.4 Å². The molecule has 0 saturated heterocycles. The standard InChI is InChI=1S/C7H11ClN2.ClH/c1-10-6-7(5-9-10)3-2-4-8;/h5-6H,2-4H2,1H3;1H. The SMILES string of the molecule is Cl.Cn1cc(CCCCl)cn1. The number of alkyl halides is 1. The van der Waals surface area contributed by atoms with Gasteiger partial charge in [-0.15, -0.1) is 24.0 Å². The van der Waals surface area contributed by atoms with Crippen LogP contribution in [0.15, 0.2) is 12.4 Å². The maximum Gasteiger partial charge on any atom is 0.0521 e. The topological polar surface area (TPSA) is 17.8 Å². The Morgan fingerprint density at radius 3 is 2.82 bits per heavy atom. The zero-order chi connectivity index (χ0) is 7.40. The van der Waals surface area contributed by atoms with Crippen molar-refractivity contribution in [3.63, 3.8) is 0 Å². The maximum absolute atomic E-state index is 5.53. The van der Waals surface area contributed by atoms with Crippen LogP contribution in [0.3, 0.4) is 0 Å². The Hall–Kier alpha value is -0.210. The van der Waals surface area contributed by atoms with Gasteiger partial charge in [0, 0.05) is 19.1 Å². The smallest absolute Gasteiger partial charge is 0.0521 e. The van der Waals surface area contributed by atoms with E-state index in [0.717, 1.165) is 18.7 Å². The van der Waals surface area contributed by atoms with Crippen LogP contribution in [0.4, 0.5) is 0 Å². The molecule has 0 bridgehead atoms. The first-order chi connectivity index (χ1) is 4.83. The van der Waals surface area contributed by atoms with Crippen molar-refractivity contribution >= 4 is 24.0 Å². The van der Waals surface area contributed by atoms with Crippen LogP contribution in [0.1, 0.15) is 12.0 Å². The fourth-order valence-corrected chi connectivity index (χ4v) is 1.01. The van der Waals surface area contributed by atoms with Crippen LogP contribution in [0.25, 0.3) is 0 Å². The van der Waals surface area contributed by atoms with Crippen LogP contribution in [0.5, 0.6) is 0 Å². The van der Waals surface area contributed by atoms with Gasteiger partial charge in [-0.25, -0.2) is 0 Å². The first kappa shape index (κ1) is 10.8. The summed E-state index contributed by atoms with van der Waals surface area (Å²) in [7, 11) is 1.92. The van der Waals surface area contributed by atoms with Crippen LogP contribution in [-0.4, -0.2) is 15.7 Å². The average molecular weight is 195 g/mol. The molecule has 0 aliphatic carbocycles. The van der Waals surface area contributed by atoms with Crippen molar-refractivity contribution in [3.05, 3.63) is 18.0 Å². The van der Waals surface area contributed by atoms with E-state index in [1.807, 2.05) is 24.1 Å². The number of halogens is 2. The Balaban J connectivity index is 0.000001000. The second-order valence-corrected chi connectivity index (χ2v) is 2.69. The number of aryl methyl sites for hydroxylation is 2. The first-order valence-electron chi connectivity index (χ1n) is 3.36. The molecule has 1 aromatic heterocycles. The van der Waals surface area contributed by atoms with Gasteiger partial charge >= 0.3 is 0 Å². The molecule has 0 aromatic carbocycles. The van der Waals surface area contributed by atoms with Gasteiger partial charge in [-0.05, 0) is 18.4 Å². The Morgan fingerprint density at radius 2 is 2.36 bits per heavy atom. The molecule has 4 heteroatoms. The minimum absolute atomic E-state index is 0. The van der Waals surface area contributed by atoms with Crippen LogP contribution in [0, 0.1) is 0 Å². The Bertz CT molecular complexity index is 198. The summed E-state index contributed by atoms with van der Waals surface area (Å²) in [4.78, 5) is 0. The van der Waals surface area contributed by atoms with Gasteiger partial charge in [0.05, 0.1) is 6.20 Å². The van der Waals surface area contributed by atoms with Gasteiger partial charge < -0.3 is 0 Å². The molecule has 1 aromatic rings. The van der Waals surface area contributed by atoms with Gasteiger partial charge in [-0.3, -0.25) is 4.68 Å². The van der Waals surface area contributed by atoms with Crippen LogP contribution in [-0.2, 0) is 13.5 Å². The molecule has 0 aliphatic rings. The molecule has 1 rings (SSSR count). The number of aromatic nitrogens is 2. The quantitative estimate of drug-likeness (QED) is 0.674. The average Bonchev–Trinajstić information content (AvgIpc) is 2.31. The van der Waals surface area contributed by atoms with E-state index in [0.29, 0.717) is 0 Å². The van der Waals surface area contributed by atoms with Gasteiger partial charge in [0.1, 0.15) is 0 Å². The largest absolute Gasteiger partial charge is 0.276 e. The van der Waals surface area contributed by atoms with Crippen molar-refractivity contribution in [2.75, 3.05) is 5.88 Å². The highest BCUT2D eigenvalue weighted by atomic mass is 35.5. The summed E-state index contributed by atoms with van der Waals surface area (Å²) in [6.07, 6.45) is 5.98. The van der Waals surface area contributed by atoms with Gasteiger partial charge in [-0.1, -0.05) is 0 Å². The molecule has 0 unspecified atom stereocenters. The Kier molecular flexibility index (Phi) is 5.34. The van der Waals surface area contributed by atoms with E-state index in [2.05, 4.69) is 5.10 Å². The summed E-state index contributed by atoms with van der Waals surface area (Å²) in [6, 6.07) is 0. The van der Waals surface area contributed by atoms with E-state index in [1.54, 1.807) is 0 Å². The van der Waals surface area contributed by atoms with Crippen LogP contribution in [0.2, 0.25) is 0 Å². The number of nitrogens with zero attached hydrogens (tertiary/aromatic N) is 2. The molecule has 0 saturated carbocycles. The third kappa shape index (κ3) is 3.63. The maximum atomic E-state index is 5.53. The lowest BCUT2D eigenvalue weighted by molar-refractivity contribution is 0.766. The lowest BCUT2D eigenvalue weighted by atomic mass is 10.2. The van der Waals surface area contributed by atoms with Crippen molar-refractivity contribution < 1.29 is 0 Å². The zero-order valence-corrected chi connectivity index (χ0v) is 8.03. The summed E-state index contributed by atoms with van der Waals surface area (Å²) in [5, 5.41) is 4.04. The van der Waals surface area contributed by atoms with Crippen molar-refractivity contribution in [2.24, 2.45) is 7.05 Å². The van der Waals surface area contributed by atoms with Crippen LogP contribution >= 0.6 is 24.0 Å². The third-order valence-electron chi connectivity index (χ3n) is 1.36. The third-order valence-corrected chi connectivity index (χ3v) is 1.62. The summed E-state index contributed by atoms with van der Waals surface area (Å²) in [6.45, 7) is 0. The fourth-order valence-electron chi connectivity index (χ4n) is 0.872. The summed E-state index contributed by atoms with van der Waals surface area (Å²) in [5.74, 6) is 0.731. The molecule has 0 atom stereocenters. The highest BCUT2D eigenvalue weighted by Gasteiger charge is 1.93. The molecular formula is C7H12Cl2N2. The number of hydrogen-bond acceptors (Lipinski definition) is 1. The Labute approximate surface area is 78.0 Å². The number of hydrogen-bond donors (Lipinski definition) is 0. The predicted molar refractivity (Wildman–Crippen MR) is 49.5 cm³/mol. The van der Waals surface area contributed by atoms with E-state index in [4.69, 9.17) is 11.6 Å². The lowest BCUT2D eigenvalue weighted by Crippen LogP contribution is -1.85. The molecule has 0 amide bonds. The summed E-state index contributed by atoms with van der Waals surface area (Å²) in [5.41, 5.74) is 1.27. The Morgan fingerprint density at radius 1 is 1.64 bits per heavy atom. The van der Waals surface area contributed by atoms with Crippen molar-refractivity contribution in [3.8, 4) is 0 Å². The molecule has 1 heterocycles. The molecule has 0 radical (unpaired) electrons. The molecule has 2 nitrogen and oxygen atoms in total. The van der Waals surface area contributed by atoms with E-state index < -0.39 is 0 Å². The van der Waals surface area contributed by atoms with E-state index >= 15 is 0 Å². The lowest BCUT2D eigenvalue weighted by Gasteiger charge is -1.89. The summed E-state index contributed by atoms with van der Waals surface area (Å²) >= 11 is 5.53. The van der Waals surface area contributed by atoms with Gasteiger partial charge in [0.2, 0.25) is 0 Å². The van der Waals surface area contributed by atoms with E-state index in [9.17, 15) is 0 Å². The molecule has 0 N–H and O–H groups in total. The monoisotopic (exact) mass is 194 g/mol. The van der Waals surface area contributed by atoms with E-state index in [1.165, 1.54) is 5.56 Å². The minimum Gasteiger partial charge on any atom is -0.276 e. The predicted octanol–water partition coefficient (Wildman–Crippen LogP) is 2.01. The van der Waals surface area contributed by atoms with Gasteiger partial charge in [0.25, 0.3) is 0 Å². The fraction of sp³-hybridized carbons (Fsp3) is 0.571. The van der Waals surface area contributed by atoms with Crippen molar-refractivity contribution in [1.29, 1.82) is 0 Å². The molecule has 0 fully saturated rings. The first-order valence-corrected chi connectivity index (χ1v) is 3.90. The molecule has 64 valence electrons. The number of rotatable bonds is 3. The minimum atomic E-state index is 0. The van der Waals surface area contributed by atoms with Crippen LogP contribution < -0.4 is 0 Å². The highest BCUT2D eigenvalue weighted by molar-refractivity contribution is 6.17. The van der Waals surface area contributed by atoms with Crippen molar-refractivity contribution in [1.82, 2.24) is 9.78 Å². The second-order valence-electron chi connectivity index (χ2n) is 2.31. The molecule has 0 aliphatic heterocycles. The normalized spacial score (nSPS) is 9.27. The highest BCUT2D eigenvalue weighted by Crippen LogP contribution is 2.00. The zero-order valence-electron chi connectivity index (χ0n) is 6.46. The summed E-state index contributed by atoms with van der Waals surface area (Å²) < 4.78 is 1.81. The second kappa shape index (κ2) is 5.44. The van der Waals surface area contributed by atoms with Gasteiger partial charge in [0.15, 0.2) is 0 Å². The molecule has 11 heavy (non-hydrogen) atoms. The van der Waals surface area contributed by atoms with Crippen molar-refractivity contribution in [2.45, 2.75) is 12.8 Å². The molecule has 0 spiro atoms. The van der Waals surface area contributed by atoms with Gasteiger partial charge in [-0.2, -0.15) is 5.10 Å². The molecular weight excluding hydrogens is 183 g/mol.